The van der Waals surface area contributed by atoms with Gasteiger partial charge in [-0.25, -0.2) is 10.2 Å². The topological polar surface area (TPSA) is 66.0 Å². The minimum absolute atomic E-state index is 0.0230. The molecular weight excluding hydrogens is 352 g/mol. The number of amides is 2. The van der Waals surface area contributed by atoms with E-state index in [1.54, 1.807) is 25.5 Å². The van der Waals surface area contributed by atoms with E-state index in [1.165, 1.54) is 16.8 Å². The van der Waals surface area contributed by atoms with E-state index in [4.69, 9.17) is 4.74 Å². The number of nitrogens with one attached hydrogen (secondary N) is 2. The largest absolute Gasteiger partial charge is 0.495 e. The lowest BCUT2D eigenvalue weighted by Crippen LogP contribution is -2.42. The molecule has 0 spiro atoms. The van der Waals surface area contributed by atoms with Gasteiger partial charge < -0.3 is 15.0 Å². The van der Waals surface area contributed by atoms with Crippen molar-refractivity contribution in [2.24, 2.45) is 5.10 Å². The van der Waals surface area contributed by atoms with Crippen LogP contribution in [-0.4, -0.2) is 31.9 Å². The van der Waals surface area contributed by atoms with E-state index in [2.05, 4.69) is 66.8 Å². The van der Waals surface area contributed by atoms with E-state index in [1.807, 2.05) is 18.2 Å². The number of fused-ring (bicyclic) bond motifs is 1. The molecule has 0 aliphatic carbocycles. The van der Waals surface area contributed by atoms with Crippen molar-refractivity contribution in [1.82, 2.24) is 5.43 Å². The number of para-hydroxylation sites is 2. The van der Waals surface area contributed by atoms with Gasteiger partial charge in [0.05, 0.1) is 24.6 Å². The van der Waals surface area contributed by atoms with E-state index in [9.17, 15) is 4.79 Å². The number of likely N-dealkylation sites (N-methyl/N-ethyl adjacent to an activating group) is 1. The summed E-state index contributed by atoms with van der Waals surface area (Å²) in [5.74, 6) is 0.589. The Morgan fingerprint density at radius 1 is 1.21 bits per heavy atom. The molecule has 2 aromatic rings. The molecule has 0 bridgehead atoms. The second-order valence-electron chi connectivity index (χ2n) is 7.34. The van der Waals surface area contributed by atoms with Crippen LogP contribution < -0.4 is 20.4 Å². The Labute approximate surface area is 165 Å². The van der Waals surface area contributed by atoms with Gasteiger partial charge in [0.15, 0.2) is 0 Å². The summed E-state index contributed by atoms with van der Waals surface area (Å²) in [6.45, 7) is 6.51. The van der Waals surface area contributed by atoms with Crippen LogP contribution in [0.25, 0.3) is 5.57 Å². The lowest BCUT2D eigenvalue weighted by atomic mass is 9.89. The third-order valence-corrected chi connectivity index (χ3v) is 4.98. The zero-order valence-electron chi connectivity index (χ0n) is 16.9. The Bertz CT molecular complexity index is 947. The van der Waals surface area contributed by atoms with Crippen LogP contribution >= 0.6 is 0 Å². The van der Waals surface area contributed by atoms with Crippen molar-refractivity contribution in [3.8, 4) is 5.75 Å². The molecule has 0 atom stereocenters. The maximum absolute atomic E-state index is 12.1. The summed E-state index contributed by atoms with van der Waals surface area (Å²) >= 11 is 0. The number of rotatable bonds is 4. The summed E-state index contributed by atoms with van der Waals surface area (Å²) in [5.41, 5.74) is 7.54. The normalized spacial score (nSPS) is 15.0. The molecule has 6 nitrogen and oxygen atoms in total. The van der Waals surface area contributed by atoms with Gasteiger partial charge in [-0.1, -0.05) is 24.3 Å². The standard InChI is InChI=1S/C22H26N4O2/c1-15-13-22(2,3)26(4)19-11-10-16(12-17(15)19)14-23-25-21(27)24-18-8-6-7-9-20(18)28-5/h6-14H,1-5H3,(H2,24,25,27)/b23-14+. The van der Waals surface area contributed by atoms with E-state index in [-0.39, 0.29) is 5.54 Å². The first-order chi connectivity index (χ1) is 13.3. The van der Waals surface area contributed by atoms with Crippen molar-refractivity contribution >= 4 is 29.2 Å². The number of allylic oxidation sites excluding steroid dienone is 1. The van der Waals surface area contributed by atoms with Crippen molar-refractivity contribution in [1.29, 1.82) is 0 Å². The molecule has 0 saturated heterocycles. The van der Waals surface area contributed by atoms with E-state index >= 15 is 0 Å². The van der Waals surface area contributed by atoms with Crippen LogP contribution in [0.15, 0.2) is 53.6 Å². The number of hydrogen-bond donors (Lipinski definition) is 2. The lowest BCUT2D eigenvalue weighted by molar-refractivity contribution is 0.252. The van der Waals surface area contributed by atoms with Gasteiger partial charge in [-0.3, -0.25) is 0 Å². The van der Waals surface area contributed by atoms with Crippen molar-refractivity contribution in [3.63, 3.8) is 0 Å². The Kier molecular flexibility index (Phi) is 5.40. The first kappa shape index (κ1) is 19.5. The molecule has 1 heterocycles. The maximum atomic E-state index is 12.1. The van der Waals surface area contributed by atoms with Crippen LogP contribution in [0.4, 0.5) is 16.2 Å². The molecule has 0 fully saturated rings. The number of benzene rings is 2. The van der Waals surface area contributed by atoms with Gasteiger partial charge in [0.2, 0.25) is 0 Å². The average Bonchev–Trinajstić information content (AvgIpc) is 2.66. The molecule has 3 rings (SSSR count). The molecule has 1 aliphatic heterocycles. The van der Waals surface area contributed by atoms with Crippen molar-refractivity contribution in [2.45, 2.75) is 26.3 Å². The Morgan fingerprint density at radius 3 is 2.71 bits per heavy atom. The Balaban J connectivity index is 1.69. The van der Waals surface area contributed by atoms with Crippen LogP contribution in [0.2, 0.25) is 0 Å². The minimum atomic E-state index is -0.434. The van der Waals surface area contributed by atoms with Crippen LogP contribution in [0.1, 0.15) is 31.9 Å². The van der Waals surface area contributed by atoms with Gasteiger partial charge in [0, 0.05) is 18.3 Å². The number of carbonyl (C=O) groups is 1. The van der Waals surface area contributed by atoms with Gasteiger partial charge in [-0.15, -0.1) is 0 Å². The SMILES string of the molecule is COc1ccccc1NC(=O)N/N=C/c1ccc2c(c1)C(C)=CC(C)(C)N2C. The molecular formula is C22H26N4O2. The number of hydrazone groups is 1. The van der Waals surface area contributed by atoms with Gasteiger partial charge in [0.25, 0.3) is 0 Å². The third-order valence-electron chi connectivity index (χ3n) is 4.98. The highest BCUT2D eigenvalue weighted by Gasteiger charge is 2.28. The monoisotopic (exact) mass is 378 g/mol. The van der Waals surface area contributed by atoms with Gasteiger partial charge >= 0.3 is 6.03 Å². The highest BCUT2D eigenvalue weighted by atomic mass is 16.5. The van der Waals surface area contributed by atoms with Crippen LogP contribution in [0.5, 0.6) is 5.75 Å². The zero-order valence-corrected chi connectivity index (χ0v) is 16.9. The first-order valence-electron chi connectivity index (χ1n) is 9.12. The van der Waals surface area contributed by atoms with Crippen molar-refractivity contribution in [3.05, 3.63) is 59.7 Å². The molecule has 0 unspecified atom stereocenters. The Morgan fingerprint density at radius 2 is 1.96 bits per heavy atom. The number of urea groups is 1. The summed E-state index contributed by atoms with van der Waals surface area (Å²) in [4.78, 5) is 14.3. The predicted octanol–water partition coefficient (Wildman–Crippen LogP) is 4.48. The molecule has 2 amide bonds. The lowest BCUT2D eigenvalue weighted by Gasteiger charge is -2.40. The highest BCUT2D eigenvalue weighted by molar-refractivity contribution is 5.92. The van der Waals surface area contributed by atoms with E-state index < -0.39 is 6.03 Å². The molecule has 6 heteroatoms. The number of anilines is 2. The summed E-state index contributed by atoms with van der Waals surface area (Å²) < 4.78 is 5.22. The smallest absolute Gasteiger partial charge is 0.339 e. The number of nitrogens with zero attached hydrogens (tertiary/aromatic N) is 2. The highest BCUT2D eigenvalue weighted by Crippen LogP contribution is 2.37. The van der Waals surface area contributed by atoms with E-state index in [0.717, 1.165) is 5.56 Å². The fourth-order valence-corrected chi connectivity index (χ4v) is 3.32. The number of ether oxygens (including phenoxy) is 1. The number of hydrogen-bond acceptors (Lipinski definition) is 4. The molecule has 146 valence electrons. The van der Waals surface area contributed by atoms with Gasteiger partial charge in [-0.2, -0.15) is 5.10 Å². The maximum Gasteiger partial charge on any atom is 0.339 e. The quantitative estimate of drug-likeness (QED) is 0.609. The summed E-state index contributed by atoms with van der Waals surface area (Å²) in [6.07, 6.45) is 3.89. The minimum Gasteiger partial charge on any atom is -0.495 e. The average molecular weight is 378 g/mol. The van der Waals surface area contributed by atoms with Crippen LogP contribution in [-0.2, 0) is 0 Å². The van der Waals surface area contributed by atoms with Crippen LogP contribution in [0.3, 0.4) is 0 Å². The fourth-order valence-electron chi connectivity index (χ4n) is 3.32. The molecule has 2 N–H and O–H groups in total. The van der Waals surface area contributed by atoms with Crippen LogP contribution in [0, 0.1) is 0 Å². The first-order valence-corrected chi connectivity index (χ1v) is 9.12. The molecule has 28 heavy (non-hydrogen) atoms. The van der Waals surface area contributed by atoms with Gasteiger partial charge in [-0.05, 0) is 56.2 Å². The number of methoxy groups -OCH3 is 1. The zero-order chi connectivity index (χ0) is 20.3. The summed E-state index contributed by atoms with van der Waals surface area (Å²) in [7, 11) is 3.65. The summed E-state index contributed by atoms with van der Waals surface area (Å²) in [5, 5.41) is 6.77. The van der Waals surface area contributed by atoms with Crippen molar-refractivity contribution < 1.29 is 9.53 Å². The van der Waals surface area contributed by atoms with E-state index in [0.29, 0.717) is 11.4 Å². The third kappa shape index (κ3) is 4.01. The van der Waals surface area contributed by atoms with Crippen molar-refractivity contribution in [2.75, 3.05) is 24.4 Å². The summed E-state index contributed by atoms with van der Waals surface area (Å²) in [6, 6.07) is 12.9. The molecule has 2 aromatic carbocycles. The molecule has 1 aliphatic rings. The second-order valence-corrected chi connectivity index (χ2v) is 7.34. The van der Waals surface area contributed by atoms with Gasteiger partial charge in [0.1, 0.15) is 5.75 Å². The fraction of sp³-hybridized carbons (Fsp3) is 0.273. The number of carbonyl (C=O) groups excluding carboxylic acids is 1. The molecule has 0 radical (unpaired) electrons. The Hall–Kier alpha value is -3.28. The molecule has 0 saturated carbocycles. The molecule has 0 aromatic heterocycles. The predicted molar refractivity (Wildman–Crippen MR) is 115 cm³/mol. The second kappa shape index (κ2) is 7.76.